The minimum absolute atomic E-state index is 0.0665. The second-order valence-corrected chi connectivity index (χ2v) is 8.86. The Labute approximate surface area is 162 Å². The molecule has 27 heavy (non-hydrogen) atoms. The van der Waals surface area contributed by atoms with Gasteiger partial charge in [-0.3, -0.25) is 4.79 Å². The largest absolute Gasteiger partial charge is 0.493 e. The van der Waals surface area contributed by atoms with Crippen molar-refractivity contribution in [2.24, 2.45) is 5.92 Å². The minimum atomic E-state index is -3.71. The van der Waals surface area contributed by atoms with Crippen molar-refractivity contribution in [2.45, 2.75) is 50.5 Å². The zero-order chi connectivity index (χ0) is 20.0. The second kappa shape index (κ2) is 9.41. The molecule has 0 unspecified atom stereocenters. The van der Waals surface area contributed by atoms with Gasteiger partial charge in [0, 0.05) is 25.2 Å². The average Bonchev–Trinajstić information content (AvgIpc) is 2.67. The molecule has 2 rings (SSSR count). The number of hydrogen-bond acceptors (Lipinski definition) is 5. The van der Waals surface area contributed by atoms with Gasteiger partial charge in [0.1, 0.15) is 0 Å². The highest BCUT2D eigenvalue weighted by Crippen LogP contribution is 2.32. The number of benzene rings is 1. The number of nitrogens with one attached hydrogen (secondary N) is 1. The molecule has 0 radical (unpaired) electrons. The number of carbonyl (C=O) groups is 1. The van der Waals surface area contributed by atoms with E-state index in [0.717, 1.165) is 12.8 Å². The first-order chi connectivity index (χ1) is 12.8. The SMILES string of the molecule is CCC[C@@H](C)NC(=O)[C@@H]1CCCN(S(=O)(=O)c2ccc(OC)c(OC)c2)C1. The molecule has 0 saturated carbocycles. The molecule has 1 fully saturated rings. The Bertz CT molecular complexity index is 750. The van der Waals surface area contributed by atoms with Crippen LogP contribution in [0.4, 0.5) is 0 Å². The first-order valence-corrected chi connectivity index (χ1v) is 10.8. The normalized spacial score (nSPS) is 19.3. The van der Waals surface area contributed by atoms with Crippen LogP contribution in [0.15, 0.2) is 23.1 Å². The van der Waals surface area contributed by atoms with Crippen LogP contribution in [0.1, 0.15) is 39.5 Å². The molecule has 1 aromatic rings. The third-order valence-electron chi connectivity index (χ3n) is 4.86. The highest BCUT2D eigenvalue weighted by atomic mass is 32.2. The zero-order valence-corrected chi connectivity index (χ0v) is 17.3. The Balaban J connectivity index is 2.15. The van der Waals surface area contributed by atoms with E-state index < -0.39 is 10.0 Å². The van der Waals surface area contributed by atoms with Gasteiger partial charge in [0.25, 0.3) is 0 Å². The van der Waals surface area contributed by atoms with Crippen LogP contribution < -0.4 is 14.8 Å². The summed E-state index contributed by atoms with van der Waals surface area (Å²) >= 11 is 0. The summed E-state index contributed by atoms with van der Waals surface area (Å²) in [5.41, 5.74) is 0. The predicted molar refractivity (Wildman–Crippen MR) is 104 cm³/mol. The van der Waals surface area contributed by atoms with Gasteiger partial charge in [-0.25, -0.2) is 8.42 Å². The molecule has 7 nitrogen and oxygen atoms in total. The number of nitrogens with zero attached hydrogens (tertiary/aromatic N) is 1. The van der Waals surface area contributed by atoms with Crippen molar-refractivity contribution in [3.8, 4) is 11.5 Å². The molecular weight excluding hydrogens is 368 g/mol. The van der Waals surface area contributed by atoms with Gasteiger partial charge in [-0.05, 0) is 38.3 Å². The van der Waals surface area contributed by atoms with Crippen molar-refractivity contribution in [1.29, 1.82) is 0 Å². The molecule has 0 aliphatic carbocycles. The lowest BCUT2D eigenvalue weighted by molar-refractivity contribution is -0.126. The van der Waals surface area contributed by atoms with Crippen LogP contribution in [0.3, 0.4) is 0 Å². The van der Waals surface area contributed by atoms with Crippen LogP contribution in [-0.4, -0.2) is 52.0 Å². The van der Waals surface area contributed by atoms with Crippen LogP contribution in [0.25, 0.3) is 0 Å². The molecule has 1 amide bonds. The van der Waals surface area contributed by atoms with Crippen molar-refractivity contribution < 1.29 is 22.7 Å². The highest BCUT2D eigenvalue weighted by molar-refractivity contribution is 7.89. The quantitative estimate of drug-likeness (QED) is 0.727. The zero-order valence-electron chi connectivity index (χ0n) is 16.5. The lowest BCUT2D eigenvalue weighted by atomic mass is 9.98. The van der Waals surface area contributed by atoms with Crippen molar-refractivity contribution in [2.75, 3.05) is 27.3 Å². The number of ether oxygens (including phenoxy) is 2. The number of rotatable bonds is 8. The summed E-state index contributed by atoms with van der Waals surface area (Å²) in [4.78, 5) is 12.6. The van der Waals surface area contributed by atoms with Crippen molar-refractivity contribution >= 4 is 15.9 Å². The smallest absolute Gasteiger partial charge is 0.243 e. The topological polar surface area (TPSA) is 84.9 Å². The molecule has 0 spiro atoms. The number of hydrogen-bond donors (Lipinski definition) is 1. The molecule has 1 N–H and O–H groups in total. The Morgan fingerprint density at radius 1 is 1.30 bits per heavy atom. The lowest BCUT2D eigenvalue weighted by Gasteiger charge is -2.32. The van der Waals surface area contributed by atoms with Crippen LogP contribution in [0, 0.1) is 5.92 Å². The van der Waals surface area contributed by atoms with E-state index in [9.17, 15) is 13.2 Å². The summed E-state index contributed by atoms with van der Waals surface area (Å²) in [7, 11) is -0.742. The number of carbonyl (C=O) groups excluding carboxylic acids is 1. The molecule has 1 aliphatic rings. The van der Waals surface area contributed by atoms with E-state index in [2.05, 4.69) is 12.2 Å². The van der Waals surface area contributed by atoms with Gasteiger partial charge in [-0.15, -0.1) is 0 Å². The Morgan fingerprint density at radius 2 is 2.00 bits per heavy atom. The van der Waals surface area contributed by atoms with Crippen LogP contribution >= 0.6 is 0 Å². The maximum absolute atomic E-state index is 13.0. The van der Waals surface area contributed by atoms with Gasteiger partial charge < -0.3 is 14.8 Å². The predicted octanol–water partition coefficient (Wildman–Crippen LogP) is 2.41. The summed E-state index contributed by atoms with van der Waals surface area (Å²) < 4.78 is 37.9. The summed E-state index contributed by atoms with van der Waals surface area (Å²) in [5, 5.41) is 3.00. The van der Waals surface area contributed by atoms with E-state index in [-0.39, 0.29) is 29.3 Å². The summed E-state index contributed by atoms with van der Waals surface area (Å²) in [6.07, 6.45) is 3.26. The minimum Gasteiger partial charge on any atom is -0.493 e. The molecule has 2 atom stereocenters. The van der Waals surface area contributed by atoms with Crippen molar-refractivity contribution in [3.05, 3.63) is 18.2 Å². The van der Waals surface area contributed by atoms with E-state index >= 15 is 0 Å². The molecular formula is C19H30N2O5S. The maximum atomic E-state index is 13.0. The molecule has 1 aromatic carbocycles. The monoisotopic (exact) mass is 398 g/mol. The highest BCUT2D eigenvalue weighted by Gasteiger charge is 2.34. The first kappa shape index (κ1) is 21.5. The van der Waals surface area contributed by atoms with Crippen LogP contribution in [0.2, 0.25) is 0 Å². The number of amides is 1. The summed E-state index contributed by atoms with van der Waals surface area (Å²) in [5.74, 6) is 0.437. The van der Waals surface area contributed by atoms with Gasteiger partial charge in [0.05, 0.1) is 25.0 Å². The third-order valence-corrected chi connectivity index (χ3v) is 6.72. The third kappa shape index (κ3) is 5.13. The van der Waals surface area contributed by atoms with Gasteiger partial charge >= 0.3 is 0 Å². The Kier molecular flexibility index (Phi) is 7.49. The molecule has 0 bridgehead atoms. The number of piperidine rings is 1. The van der Waals surface area contributed by atoms with Gasteiger partial charge in [-0.2, -0.15) is 4.31 Å². The summed E-state index contributed by atoms with van der Waals surface area (Å²) in [6.45, 7) is 4.65. The standard InChI is InChI=1S/C19H30N2O5S/c1-5-7-14(2)20-19(22)15-8-6-11-21(13-15)27(23,24)16-9-10-17(25-3)18(12-16)26-4/h9-10,12,14-15H,5-8,11,13H2,1-4H3,(H,20,22)/t14-,15-/m1/s1. The van der Waals surface area contributed by atoms with E-state index in [0.29, 0.717) is 30.9 Å². The fourth-order valence-electron chi connectivity index (χ4n) is 3.37. The molecule has 0 aromatic heterocycles. The van der Waals surface area contributed by atoms with E-state index in [1.165, 1.54) is 30.7 Å². The summed E-state index contributed by atoms with van der Waals surface area (Å²) in [6, 6.07) is 4.64. The van der Waals surface area contributed by atoms with Crippen molar-refractivity contribution in [1.82, 2.24) is 9.62 Å². The number of methoxy groups -OCH3 is 2. The first-order valence-electron chi connectivity index (χ1n) is 9.36. The Hall–Kier alpha value is -1.80. The maximum Gasteiger partial charge on any atom is 0.243 e. The molecule has 8 heteroatoms. The molecule has 1 heterocycles. The Morgan fingerprint density at radius 3 is 2.63 bits per heavy atom. The van der Waals surface area contributed by atoms with E-state index in [1.807, 2.05) is 6.92 Å². The average molecular weight is 399 g/mol. The number of sulfonamides is 1. The van der Waals surface area contributed by atoms with Gasteiger partial charge in [-0.1, -0.05) is 13.3 Å². The fourth-order valence-corrected chi connectivity index (χ4v) is 4.91. The molecule has 1 aliphatic heterocycles. The van der Waals surface area contributed by atoms with Crippen LogP contribution in [-0.2, 0) is 14.8 Å². The fraction of sp³-hybridized carbons (Fsp3) is 0.632. The van der Waals surface area contributed by atoms with Gasteiger partial charge in [0.15, 0.2) is 11.5 Å². The van der Waals surface area contributed by atoms with Gasteiger partial charge in [0.2, 0.25) is 15.9 Å². The lowest BCUT2D eigenvalue weighted by Crippen LogP contribution is -2.47. The molecule has 1 saturated heterocycles. The van der Waals surface area contributed by atoms with Crippen molar-refractivity contribution in [3.63, 3.8) is 0 Å². The van der Waals surface area contributed by atoms with E-state index in [1.54, 1.807) is 6.07 Å². The van der Waals surface area contributed by atoms with Crippen LogP contribution in [0.5, 0.6) is 11.5 Å². The second-order valence-electron chi connectivity index (χ2n) is 6.92. The van der Waals surface area contributed by atoms with E-state index in [4.69, 9.17) is 9.47 Å². The molecule has 152 valence electrons.